The largest absolute Gasteiger partial charge is 0.497 e. The fourth-order valence-corrected chi connectivity index (χ4v) is 2.49. The van der Waals surface area contributed by atoms with Gasteiger partial charge in [0.2, 0.25) is 0 Å². The molecule has 1 aromatic carbocycles. The lowest BCUT2D eigenvalue weighted by atomic mass is 10.2. The van der Waals surface area contributed by atoms with E-state index in [1.54, 1.807) is 7.11 Å². The molecule has 1 heterocycles. The number of hydrogen-bond donors (Lipinski definition) is 2. The summed E-state index contributed by atoms with van der Waals surface area (Å²) in [5.41, 5.74) is 1.15. The first kappa shape index (κ1) is 16.1. The number of carbonyl (C=O) groups excluding carboxylic acids is 2. The second kappa shape index (κ2) is 7.65. The molecule has 1 aromatic rings. The summed E-state index contributed by atoms with van der Waals surface area (Å²) in [5, 5.41) is 2.18. The molecule has 2 rings (SSSR count). The number of quaternary nitrogens is 1. The Morgan fingerprint density at radius 1 is 1.18 bits per heavy atom. The topological polar surface area (TPSA) is 72.3 Å². The number of methoxy groups -OCH3 is 2. The van der Waals surface area contributed by atoms with Gasteiger partial charge in [-0.05, 0) is 24.3 Å². The van der Waals surface area contributed by atoms with Crippen molar-refractivity contribution in [2.45, 2.75) is 0 Å². The third-order valence-corrected chi connectivity index (χ3v) is 3.75. The number of nitrogens with one attached hydrogen (secondary N) is 2. The molecule has 7 heteroatoms. The average Bonchev–Trinajstić information content (AvgIpc) is 2.55. The van der Waals surface area contributed by atoms with Gasteiger partial charge in [0.15, 0.2) is 6.54 Å². The van der Waals surface area contributed by atoms with Gasteiger partial charge in [0.25, 0.3) is 5.91 Å². The number of nitrogens with zero attached hydrogens (tertiary/aromatic N) is 1. The minimum absolute atomic E-state index is 0.283. The van der Waals surface area contributed by atoms with E-state index in [9.17, 15) is 9.59 Å². The van der Waals surface area contributed by atoms with Gasteiger partial charge >= 0.3 is 6.09 Å². The van der Waals surface area contributed by atoms with Crippen molar-refractivity contribution in [1.82, 2.24) is 5.32 Å². The summed E-state index contributed by atoms with van der Waals surface area (Å²) in [4.78, 5) is 26.1. The summed E-state index contributed by atoms with van der Waals surface area (Å²) in [6.45, 7) is 3.72. The van der Waals surface area contributed by atoms with Crippen LogP contribution in [-0.4, -0.2) is 58.9 Å². The van der Waals surface area contributed by atoms with E-state index >= 15 is 0 Å². The Labute approximate surface area is 129 Å². The number of alkyl carbamates (subject to hydrolysis) is 1. The van der Waals surface area contributed by atoms with Crippen LogP contribution in [0, 0.1) is 0 Å². The zero-order valence-corrected chi connectivity index (χ0v) is 12.9. The van der Waals surface area contributed by atoms with E-state index in [-0.39, 0.29) is 12.5 Å². The molecule has 1 aliphatic heterocycles. The predicted octanol–water partition coefficient (Wildman–Crippen LogP) is -0.717. The van der Waals surface area contributed by atoms with Crippen LogP contribution in [0.1, 0.15) is 0 Å². The van der Waals surface area contributed by atoms with Crippen LogP contribution in [0.15, 0.2) is 24.3 Å². The lowest BCUT2D eigenvalue weighted by Crippen LogP contribution is -3.16. The molecule has 2 amide bonds. The number of carbonyl (C=O) groups is 2. The van der Waals surface area contributed by atoms with Crippen LogP contribution in [0.2, 0.25) is 0 Å². The van der Waals surface area contributed by atoms with E-state index in [0.29, 0.717) is 0 Å². The highest BCUT2D eigenvalue weighted by atomic mass is 16.5. The molecule has 1 aliphatic rings. The Morgan fingerprint density at radius 3 is 2.36 bits per heavy atom. The van der Waals surface area contributed by atoms with Gasteiger partial charge in [-0.15, -0.1) is 0 Å². The molecular weight excluding hydrogens is 286 g/mol. The normalized spacial score (nSPS) is 15.3. The van der Waals surface area contributed by atoms with Gasteiger partial charge in [0.05, 0.1) is 40.4 Å². The van der Waals surface area contributed by atoms with E-state index in [1.807, 2.05) is 24.3 Å². The molecule has 0 saturated carbocycles. The van der Waals surface area contributed by atoms with Gasteiger partial charge in [0.1, 0.15) is 5.75 Å². The van der Waals surface area contributed by atoms with E-state index in [0.717, 1.165) is 42.5 Å². The fourth-order valence-electron chi connectivity index (χ4n) is 2.49. The van der Waals surface area contributed by atoms with Crippen molar-refractivity contribution in [1.29, 1.82) is 0 Å². The van der Waals surface area contributed by atoms with Crippen LogP contribution < -0.4 is 19.9 Å². The van der Waals surface area contributed by atoms with Crippen LogP contribution >= 0.6 is 0 Å². The molecule has 0 bridgehead atoms. The van der Waals surface area contributed by atoms with Crippen molar-refractivity contribution < 1.29 is 24.0 Å². The summed E-state index contributed by atoms with van der Waals surface area (Å²) < 4.78 is 9.56. The number of benzene rings is 1. The van der Waals surface area contributed by atoms with Gasteiger partial charge in [-0.25, -0.2) is 4.79 Å². The molecule has 0 spiro atoms. The van der Waals surface area contributed by atoms with Gasteiger partial charge in [0, 0.05) is 5.69 Å². The first-order valence-electron chi connectivity index (χ1n) is 7.22. The number of rotatable bonds is 4. The molecule has 0 unspecified atom stereocenters. The minimum Gasteiger partial charge on any atom is -0.497 e. The highest BCUT2D eigenvalue weighted by Crippen LogP contribution is 2.18. The Hall–Kier alpha value is -2.28. The first-order valence-corrected chi connectivity index (χ1v) is 7.22. The number of piperazine rings is 1. The van der Waals surface area contributed by atoms with Gasteiger partial charge in [-0.3, -0.25) is 10.1 Å². The molecule has 0 radical (unpaired) electrons. The Balaban J connectivity index is 1.79. The predicted molar refractivity (Wildman–Crippen MR) is 81.3 cm³/mol. The molecule has 2 N–H and O–H groups in total. The van der Waals surface area contributed by atoms with E-state index < -0.39 is 6.09 Å². The van der Waals surface area contributed by atoms with Crippen molar-refractivity contribution in [3.8, 4) is 5.75 Å². The molecule has 22 heavy (non-hydrogen) atoms. The minimum atomic E-state index is -0.707. The number of ether oxygens (including phenoxy) is 2. The van der Waals surface area contributed by atoms with Crippen LogP contribution in [0.5, 0.6) is 5.75 Å². The van der Waals surface area contributed by atoms with Crippen LogP contribution in [0.25, 0.3) is 0 Å². The fraction of sp³-hybridized carbons (Fsp3) is 0.467. The third-order valence-electron chi connectivity index (χ3n) is 3.75. The summed E-state index contributed by atoms with van der Waals surface area (Å²) in [6, 6.07) is 7.96. The smallest absolute Gasteiger partial charge is 0.413 e. The lowest BCUT2D eigenvalue weighted by molar-refractivity contribution is -0.892. The summed E-state index contributed by atoms with van der Waals surface area (Å²) in [7, 11) is 2.89. The number of amides is 2. The van der Waals surface area contributed by atoms with Crippen molar-refractivity contribution in [3.05, 3.63) is 24.3 Å². The van der Waals surface area contributed by atoms with Crippen molar-refractivity contribution >= 4 is 17.7 Å². The van der Waals surface area contributed by atoms with E-state index in [4.69, 9.17) is 4.74 Å². The summed E-state index contributed by atoms with van der Waals surface area (Å²) >= 11 is 0. The molecule has 120 valence electrons. The second-order valence-corrected chi connectivity index (χ2v) is 5.15. The number of anilines is 1. The monoisotopic (exact) mass is 308 g/mol. The Bertz CT molecular complexity index is 510. The SMILES string of the molecule is COC(=O)NC(=O)C[NH+]1CCN(c2ccc(OC)cc2)CC1. The zero-order valence-electron chi connectivity index (χ0n) is 12.9. The number of imide groups is 1. The van der Waals surface area contributed by atoms with Crippen LogP contribution in [0.4, 0.5) is 10.5 Å². The molecule has 0 aliphatic carbocycles. The van der Waals surface area contributed by atoms with Crippen molar-refractivity contribution in [2.75, 3.05) is 51.8 Å². The van der Waals surface area contributed by atoms with Gasteiger partial charge < -0.3 is 19.3 Å². The molecule has 1 saturated heterocycles. The third kappa shape index (κ3) is 4.36. The quantitative estimate of drug-likeness (QED) is 0.768. The van der Waals surface area contributed by atoms with Gasteiger partial charge in [-0.2, -0.15) is 0 Å². The molecule has 7 nitrogen and oxygen atoms in total. The van der Waals surface area contributed by atoms with E-state index in [2.05, 4.69) is 15.0 Å². The second-order valence-electron chi connectivity index (χ2n) is 5.15. The Morgan fingerprint density at radius 2 is 1.82 bits per heavy atom. The van der Waals surface area contributed by atoms with Crippen molar-refractivity contribution in [2.24, 2.45) is 0 Å². The highest BCUT2D eigenvalue weighted by Gasteiger charge is 2.23. The maximum Gasteiger partial charge on any atom is 0.413 e. The number of hydrogen-bond acceptors (Lipinski definition) is 5. The standard InChI is InChI=1S/C15H21N3O4/c1-21-13-5-3-12(4-6-13)18-9-7-17(8-10-18)11-14(19)16-15(20)22-2/h3-6H,7-11H2,1-2H3,(H,16,19,20)/p+1. The lowest BCUT2D eigenvalue weighted by Gasteiger charge is -2.33. The summed E-state index contributed by atoms with van der Waals surface area (Å²) in [5.74, 6) is 0.534. The zero-order chi connectivity index (χ0) is 15.9. The van der Waals surface area contributed by atoms with E-state index in [1.165, 1.54) is 7.11 Å². The maximum absolute atomic E-state index is 11.6. The average molecular weight is 308 g/mol. The van der Waals surface area contributed by atoms with Crippen molar-refractivity contribution in [3.63, 3.8) is 0 Å². The first-order chi connectivity index (χ1) is 10.6. The molecule has 0 atom stereocenters. The molecule has 0 aromatic heterocycles. The Kier molecular flexibility index (Phi) is 5.60. The molecular formula is C15H22N3O4+. The molecule has 1 fully saturated rings. The highest BCUT2D eigenvalue weighted by molar-refractivity contribution is 5.92. The van der Waals surface area contributed by atoms with Gasteiger partial charge in [-0.1, -0.05) is 0 Å². The maximum atomic E-state index is 11.6. The van der Waals surface area contributed by atoms with Crippen LogP contribution in [0.3, 0.4) is 0 Å². The van der Waals surface area contributed by atoms with Crippen LogP contribution in [-0.2, 0) is 9.53 Å². The summed E-state index contributed by atoms with van der Waals surface area (Å²) in [6.07, 6.45) is -0.707.